The number of pyridine rings is 1. The molecule has 4 aromatic rings. The van der Waals surface area contributed by atoms with Gasteiger partial charge in [-0.3, -0.25) is 4.98 Å². The highest BCUT2D eigenvalue weighted by Crippen LogP contribution is 2.33. The van der Waals surface area contributed by atoms with Crippen LogP contribution in [0, 0.1) is 6.92 Å². The van der Waals surface area contributed by atoms with Crippen molar-refractivity contribution in [3.05, 3.63) is 84.2 Å². The molecule has 0 amide bonds. The highest BCUT2D eigenvalue weighted by Gasteiger charge is 2.17. The maximum absolute atomic E-state index is 11.6. The second-order valence-electron chi connectivity index (χ2n) is 6.25. The molecule has 4 rings (SSSR count). The van der Waals surface area contributed by atoms with E-state index in [0.29, 0.717) is 0 Å². The van der Waals surface area contributed by atoms with E-state index in [2.05, 4.69) is 9.97 Å². The van der Waals surface area contributed by atoms with E-state index in [0.717, 1.165) is 39.5 Å². The second-order valence-corrected chi connectivity index (χ2v) is 6.25. The molecule has 0 bridgehead atoms. The zero-order valence-corrected chi connectivity index (χ0v) is 14.7. The standard InChI is InChI=1S/C22H17N3O2/c1-14-7-8-17(13-18(14)22(26)27)20-19(15-9-11-23-12-10-15)24-21(25-20)16-5-3-2-4-6-16/h2-13H,1H3,(H,24,25)(H,26,27). The lowest BCUT2D eigenvalue weighted by Crippen LogP contribution is -2.00. The summed E-state index contributed by atoms with van der Waals surface area (Å²) in [4.78, 5) is 23.8. The number of hydrogen-bond donors (Lipinski definition) is 2. The van der Waals surface area contributed by atoms with E-state index in [9.17, 15) is 9.90 Å². The van der Waals surface area contributed by atoms with Gasteiger partial charge in [0.2, 0.25) is 0 Å². The maximum atomic E-state index is 11.6. The minimum absolute atomic E-state index is 0.282. The zero-order chi connectivity index (χ0) is 18.8. The number of carbonyl (C=O) groups is 1. The first-order chi connectivity index (χ1) is 13.1. The van der Waals surface area contributed by atoms with Gasteiger partial charge in [-0.2, -0.15) is 0 Å². The fourth-order valence-corrected chi connectivity index (χ4v) is 3.04. The number of imidazole rings is 1. The minimum Gasteiger partial charge on any atom is -0.478 e. The van der Waals surface area contributed by atoms with Crippen LogP contribution in [0.5, 0.6) is 0 Å². The molecule has 0 atom stereocenters. The monoisotopic (exact) mass is 355 g/mol. The molecule has 27 heavy (non-hydrogen) atoms. The van der Waals surface area contributed by atoms with Crippen LogP contribution < -0.4 is 0 Å². The molecule has 5 nitrogen and oxygen atoms in total. The quantitative estimate of drug-likeness (QED) is 0.550. The number of aryl methyl sites for hydroxylation is 1. The molecule has 132 valence electrons. The Hall–Kier alpha value is -3.73. The third-order valence-corrected chi connectivity index (χ3v) is 4.46. The van der Waals surface area contributed by atoms with Crippen molar-refractivity contribution in [2.75, 3.05) is 0 Å². The second kappa shape index (κ2) is 6.88. The average Bonchev–Trinajstić information content (AvgIpc) is 3.15. The number of nitrogens with zero attached hydrogens (tertiary/aromatic N) is 2. The molecule has 0 spiro atoms. The van der Waals surface area contributed by atoms with Crippen LogP contribution >= 0.6 is 0 Å². The Labute approximate surface area is 156 Å². The van der Waals surface area contributed by atoms with Gasteiger partial charge in [-0.25, -0.2) is 9.78 Å². The maximum Gasteiger partial charge on any atom is 0.335 e. The number of hydrogen-bond acceptors (Lipinski definition) is 3. The van der Waals surface area contributed by atoms with Gasteiger partial charge >= 0.3 is 5.97 Å². The number of carboxylic acids is 1. The van der Waals surface area contributed by atoms with Crippen molar-refractivity contribution in [1.29, 1.82) is 0 Å². The van der Waals surface area contributed by atoms with Gasteiger partial charge < -0.3 is 10.1 Å². The Morgan fingerprint density at radius 3 is 2.37 bits per heavy atom. The van der Waals surface area contributed by atoms with Crippen LogP contribution in [0.25, 0.3) is 33.9 Å². The first kappa shape index (κ1) is 16.7. The molecular formula is C22H17N3O2. The number of aromatic nitrogens is 3. The van der Waals surface area contributed by atoms with Crippen LogP contribution in [0.3, 0.4) is 0 Å². The Balaban J connectivity index is 1.93. The summed E-state index contributed by atoms with van der Waals surface area (Å²) in [5.41, 5.74) is 5.20. The van der Waals surface area contributed by atoms with Gasteiger partial charge in [0, 0.05) is 29.1 Å². The van der Waals surface area contributed by atoms with Crippen LogP contribution in [0.15, 0.2) is 73.1 Å². The Bertz CT molecular complexity index is 1100. The third kappa shape index (κ3) is 3.22. The first-order valence-electron chi connectivity index (χ1n) is 8.53. The number of rotatable bonds is 4. The van der Waals surface area contributed by atoms with E-state index in [1.54, 1.807) is 25.4 Å². The van der Waals surface area contributed by atoms with Crippen LogP contribution in [0.4, 0.5) is 0 Å². The van der Waals surface area contributed by atoms with Crippen LogP contribution in [0.1, 0.15) is 15.9 Å². The van der Waals surface area contributed by atoms with Crippen molar-refractivity contribution in [3.8, 4) is 33.9 Å². The first-order valence-corrected chi connectivity index (χ1v) is 8.53. The van der Waals surface area contributed by atoms with Gasteiger partial charge in [0.1, 0.15) is 5.82 Å². The average molecular weight is 355 g/mol. The molecule has 0 aliphatic carbocycles. The molecule has 0 saturated heterocycles. The molecule has 5 heteroatoms. The molecule has 2 aromatic heterocycles. The molecule has 2 N–H and O–H groups in total. The zero-order valence-electron chi connectivity index (χ0n) is 14.7. The number of nitrogens with one attached hydrogen (secondary N) is 1. The van der Waals surface area contributed by atoms with Crippen molar-refractivity contribution >= 4 is 5.97 Å². The fourth-order valence-electron chi connectivity index (χ4n) is 3.04. The molecule has 0 radical (unpaired) electrons. The van der Waals surface area contributed by atoms with E-state index >= 15 is 0 Å². The van der Waals surface area contributed by atoms with Crippen LogP contribution in [0.2, 0.25) is 0 Å². The van der Waals surface area contributed by atoms with Crippen molar-refractivity contribution in [3.63, 3.8) is 0 Å². The normalized spacial score (nSPS) is 10.7. The molecule has 2 aromatic carbocycles. The summed E-state index contributed by atoms with van der Waals surface area (Å²) in [6.45, 7) is 1.79. The molecule has 0 saturated carbocycles. The predicted octanol–water partition coefficient (Wildman–Crippen LogP) is 4.81. The van der Waals surface area contributed by atoms with Gasteiger partial charge in [-0.05, 0) is 30.7 Å². The van der Waals surface area contributed by atoms with Gasteiger partial charge in [-0.15, -0.1) is 0 Å². The highest BCUT2D eigenvalue weighted by atomic mass is 16.4. The summed E-state index contributed by atoms with van der Waals surface area (Å²) in [6.07, 6.45) is 3.43. The Morgan fingerprint density at radius 2 is 1.67 bits per heavy atom. The van der Waals surface area contributed by atoms with Crippen molar-refractivity contribution < 1.29 is 9.90 Å². The van der Waals surface area contributed by atoms with E-state index in [4.69, 9.17) is 4.98 Å². The number of benzene rings is 2. The SMILES string of the molecule is Cc1ccc(-c2[nH]c(-c3ccccc3)nc2-c2ccncc2)cc1C(=O)O. The lowest BCUT2D eigenvalue weighted by molar-refractivity contribution is 0.0696. The smallest absolute Gasteiger partial charge is 0.335 e. The summed E-state index contributed by atoms with van der Waals surface area (Å²) >= 11 is 0. The number of carboxylic acid groups (broad SMARTS) is 1. The van der Waals surface area contributed by atoms with Crippen molar-refractivity contribution in [1.82, 2.24) is 15.0 Å². The molecular weight excluding hydrogens is 338 g/mol. The van der Waals surface area contributed by atoms with E-state index in [1.165, 1.54) is 0 Å². The minimum atomic E-state index is -0.942. The molecule has 0 aliphatic rings. The Kier molecular flexibility index (Phi) is 4.26. The lowest BCUT2D eigenvalue weighted by atomic mass is 10.0. The largest absolute Gasteiger partial charge is 0.478 e. The Morgan fingerprint density at radius 1 is 0.926 bits per heavy atom. The van der Waals surface area contributed by atoms with E-state index < -0.39 is 5.97 Å². The lowest BCUT2D eigenvalue weighted by Gasteiger charge is -2.06. The summed E-state index contributed by atoms with van der Waals surface area (Å²) in [6, 6.07) is 19.0. The van der Waals surface area contributed by atoms with Gasteiger partial charge in [-0.1, -0.05) is 42.5 Å². The van der Waals surface area contributed by atoms with Gasteiger partial charge in [0.25, 0.3) is 0 Å². The summed E-state index contributed by atoms with van der Waals surface area (Å²) in [5, 5.41) is 9.47. The highest BCUT2D eigenvalue weighted by molar-refractivity contribution is 5.92. The number of H-pyrrole nitrogens is 1. The summed E-state index contributed by atoms with van der Waals surface area (Å²) < 4.78 is 0. The summed E-state index contributed by atoms with van der Waals surface area (Å²) in [7, 11) is 0. The number of aromatic amines is 1. The van der Waals surface area contributed by atoms with E-state index in [-0.39, 0.29) is 5.56 Å². The van der Waals surface area contributed by atoms with E-state index in [1.807, 2.05) is 54.6 Å². The van der Waals surface area contributed by atoms with Gasteiger partial charge in [0.15, 0.2) is 0 Å². The topological polar surface area (TPSA) is 78.9 Å². The van der Waals surface area contributed by atoms with Crippen LogP contribution in [-0.4, -0.2) is 26.0 Å². The molecule has 0 unspecified atom stereocenters. The molecule has 2 heterocycles. The van der Waals surface area contributed by atoms with Gasteiger partial charge in [0.05, 0.1) is 17.0 Å². The molecule has 0 aliphatic heterocycles. The molecule has 0 fully saturated rings. The van der Waals surface area contributed by atoms with Crippen molar-refractivity contribution in [2.24, 2.45) is 0 Å². The van der Waals surface area contributed by atoms with Crippen LogP contribution in [-0.2, 0) is 0 Å². The van der Waals surface area contributed by atoms with Crippen molar-refractivity contribution in [2.45, 2.75) is 6.92 Å². The fraction of sp³-hybridized carbons (Fsp3) is 0.0455. The number of aromatic carboxylic acids is 1. The third-order valence-electron chi connectivity index (χ3n) is 4.46. The predicted molar refractivity (Wildman–Crippen MR) is 104 cm³/mol. The summed E-state index contributed by atoms with van der Waals surface area (Å²) in [5.74, 6) is -0.211.